The maximum absolute atomic E-state index is 14.0. The van der Waals surface area contributed by atoms with Crippen LogP contribution in [0.4, 0.5) is 4.39 Å². The van der Waals surface area contributed by atoms with Gasteiger partial charge in [-0.1, -0.05) is 41.3 Å². The number of thioether (sulfide) groups is 1. The quantitative estimate of drug-likeness (QED) is 0.144. The molecule has 2 heterocycles. The van der Waals surface area contributed by atoms with Crippen molar-refractivity contribution in [3.8, 4) is 45.8 Å². The topological polar surface area (TPSA) is 111 Å². The Labute approximate surface area is 254 Å². The SMILES string of the molecule is COc1cc(OC)c2c(=O)c(OCc3nnc(SCc4ccccc4F)s3)c(-c3cc(OC)c(OC)c(OC)c3)oc2c1. The van der Waals surface area contributed by atoms with Crippen LogP contribution in [0.2, 0.25) is 0 Å². The van der Waals surface area contributed by atoms with E-state index in [-0.39, 0.29) is 40.7 Å². The Balaban J connectivity index is 1.55. The molecule has 0 aliphatic carbocycles. The van der Waals surface area contributed by atoms with Crippen LogP contribution in [0.15, 0.2) is 62.1 Å². The molecule has 3 aromatic carbocycles. The number of fused-ring (bicyclic) bond motifs is 1. The summed E-state index contributed by atoms with van der Waals surface area (Å²) in [6.07, 6.45) is 0. The third-order valence-electron chi connectivity index (χ3n) is 6.37. The minimum Gasteiger partial charge on any atom is -0.496 e. The molecule has 0 amide bonds. The van der Waals surface area contributed by atoms with Crippen molar-refractivity contribution in [2.75, 3.05) is 35.5 Å². The molecular weight excluding hydrogens is 599 g/mol. The van der Waals surface area contributed by atoms with Crippen LogP contribution in [0, 0.1) is 5.82 Å². The molecule has 2 aromatic heterocycles. The molecule has 5 rings (SSSR count). The number of hydrogen-bond acceptors (Lipinski definition) is 12. The highest BCUT2D eigenvalue weighted by atomic mass is 32.2. The van der Waals surface area contributed by atoms with Gasteiger partial charge in [-0.15, -0.1) is 10.2 Å². The average molecular weight is 627 g/mol. The van der Waals surface area contributed by atoms with E-state index in [9.17, 15) is 9.18 Å². The highest BCUT2D eigenvalue weighted by Crippen LogP contribution is 2.44. The summed E-state index contributed by atoms with van der Waals surface area (Å²) in [4.78, 5) is 14.0. The minimum absolute atomic E-state index is 0.0793. The molecule has 0 fully saturated rings. The Morgan fingerprint density at radius 1 is 0.860 bits per heavy atom. The van der Waals surface area contributed by atoms with E-state index in [1.54, 1.807) is 42.5 Å². The van der Waals surface area contributed by atoms with E-state index in [4.69, 9.17) is 32.8 Å². The lowest BCUT2D eigenvalue weighted by Crippen LogP contribution is -2.11. The van der Waals surface area contributed by atoms with Crippen LogP contribution in [0.1, 0.15) is 10.6 Å². The number of ether oxygens (including phenoxy) is 6. The summed E-state index contributed by atoms with van der Waals surface area (Å²) < 4.78 is 54.4. The molecule has 0 N–H and O–H groups in total. The van der Waals surface area contributed by atoms with Crippen molar-refractivity contribution in [3.05, 3.63) is 75.1 Å². The van der Waals surface area contributed by atoms with Crippen LogP contribution >= 0.6 is 23.1 Å². The van der Waals surface area contributed by atoms with Gasteiger partial charge in [-0.2, -0.15) is 0 Å². The summed E-state index contributed by atoms with van der Waals surface area (Å²) in [7, 11) is 7.42. The summed E-state index contributed by atoms with van der Waals surface area (Å²) in [6, 6.07) is 13.0. The standard InChI is InChI=1S/C30H27FN2O8S2/c1-35-18-12-20(36-2)25-21(13-18)41-27(17-10-22(37-3)28(39-5)23(11-17)38-4)29(26(25)34)40-14-24-32-33-30(43-24)42-15-16-8-6-7-9-19(16)31/h6-13H,14-15H2,1-5H3. The molecule has 0 aliphatic heterocycles. The minimum atomic E-state index is -0.469. The molecule has 0 saturated heterocycles. The van der Waals surface area contributed by atoms with Gasteiger partial charge < -0.3 is 32.8 Å². The summed E-state index contributed by atoms with van der Waals surface area (Å²) in [6.45, 7) is -0.0793. The first-order chi connectivity index (χ1) is 20.9. The van der Waals surface area contributed by atoms with E-state index in [1.165, 1.54) is 64.7 Å². The van der Waals surface area contributed by atoms with E-state index in [1.807, 2.05) is 0 Å². The van der Waals surface area contributed by atoms with Gasteiger partial charge in [0.2, 0.25) is 16.9 Å². The molecule has 0 radical (unpaired) electrons. The van der Waals surface area contributed by atoms with E-state index < -0.39 is 5.43 Å². The largest absolute Gasteiger partial charge is 0.496 e. The first-order valence-corrected chi connectivity index (χ1v) is 14.6. The second-order valence-corrected chi connectivity index (χ2v) is 11.1. The van der Waals surface area contributed by atoms with Crippen LogP contribution in [-0.2, 0) is 12.4 Å². The van der Waals surface area contributed by atoms with Crippen LogP contribution in [0.3, 0.4) is 0 Å². The Morgan fingerprint density at radius 2 is 1.58 bits per heavy atom. The van der Waals surface area contributed by atoms with Gasteiger partial charge in [0.15, 0.2) is 26.6 Å². The van der Waals surface area contributed by atoms with Crippen molar-refractivity contribution < 1.29 is 37.2 Å². The van der Waals surface area contributed by atoms with Crippen LogP contribution in [0.5, 0.6) is 34.5 Å². The van der Waals surface area contributed by atoms with Gasteiger partial charge in [0.1, 0.15) is 34.9 Å². The predicted octanol–water partition coefficient (Wildman–Crippen LogP) is 6.36. The molecule has 0 saturated carbocycles. The molecule has 13 heteroatoms. The molecule has 0 unspecified atom stereocenters. The summed E-state index contributed by atoms with van der Waals surface area (Å²) in [5.74, 6) is 1.93. The van der Waals surface area contributed by atoms with Gasteiger partial charge in [-0.05, 0) is 23.8 Å². The van der Waals surface area contributed by atoms with Crippen molar-refractivity contribution in [2.45, 2.75) is 16.7 Å². The lowest BCUT2D eigenvalue weighted by Gasteiger charge is -2.16. The number of rotatable bonds is 12. The Hall–Kier alpha value is -4.49. The molecule has 0 aliphatic rings. The molecule has 5 aromatic rings. The molecule has 0 atom stereocenters. The van der Waals surface area contributed by atoms with Crippen molar-refractivity contribution in [1.82, 2.24) is 10.2 Å². The zero-order valence-electron chi connectivity index (χ0n) is 23.9. The van der Waals surface area contributed by atoms with Crippen molar-refractivity contribution >= 4 is 34.1 Å². The maximum Gasteiger partial charge on any atom is 0.239 e. The summed E-state index contributed by atoms with van der Waals surface area (Å²) in [5, 5.41) is 9.06. The zero-order chi connectivity index (χ0) is 30.5. The molecule has 0 spiro atoms. The third kappa shape index (κ3) is 6.18. The predicted molar refractivity (Wildman–Crippen MR) is 161 cm³/mol. The third-order valence-corrected chi connectivity index (χ3v) is 8.45. The highest BCUT2D eigenvalue weighted by molar-refractivity contribution is 8.00. The fourth-order valence-corrected chi connectivity index (χ4v) is 6.09. The van der Waals surface area contributed by atoms with E-state index >= 15 is 0 Å². The first-order valence-electron chi connectivity index (χ1n) is 12.7. The van der Waals surface area contributed by atoms with Crippen LogP contribution < -0.4 is 33.8 Å². The van der Waals surface area contributed by atoms with Crippen molar-refractivity contribution in [1.29, 1.82) is 0 Å². The lowest BCUT2D eigenvalue weighted by molar-refractivity contribution is 0.295. The molecule has 0 bridgehead atoms. The second-order valence-electron chi connectivity index (χ2n) is 8.84. The molecule has 10 nitrogen and oxygen atoms in total. The van der Waals surface area contributed by atoms with Gasteiger partial charge >= 0.3 is 0 Å². The van der Waals surface area contributed by atoms with Gasteiger partial charge in [-0.3, -0.25) is 4.79 Å². The maximum atomic E-state index is 14.0. The van der Waals surface area contributed by atoms with E-state index in [0.29, 0.717) is 49.2 Å². The van der Waals surface area contributed by atoms with E-state index in [0.717, 1.165) is 0 Å². The van der Waals surface area contributed by atoms with Gasteiger partial charge in [-0.25, -0.2) is 4.39 Å². The Kier molecular flexibility index (Phi) is 9.22. The molecular formula is C30H27FN2O8S2. The Bertz CT molecular complexity index is 1800. The summed E-state index contributed by atoms with van der Waals surface area (Å²) >= 11 is 2.64. The molecule has 224 valence electrons. The average Bonchev–Trinajstić information content (AvgIpc) is 3.49. The van der Waals surface area contributed by atoms with Gasteiger partial charge in [0.05, 0.1) is 35.5 Å². The number of benzene rings is 3. The molecule has 43 heavy (non-hydrogen) atoms. The highest BCUT2D eigenvalue weighted by Gasteiger charge is 2.25. The fraction of sp³-hybridized carbons (Fsp3) is 0.233. The second kappa shape index (κ2) is 13.2. The number of methoxy groups -OCH3 is 5. The zero-order valence-corrected chi connectivity index (χ0v) is 25.5. The fourth-order valence-electron chi connectivity index (χ4n) is 4.30. The lowest BCUT2D eigenvalue weighted by atomic mass is 10.1. The number of hydrogen-bond donors (Lipinski definition) is 0. The monoisotopic (exact) mass is 626 g/mol. The smallest absolute Gasteiger partial charge is 0.239 e. The van der Waals surface area contributed by atoms with Gasteiger partial charge in [0.25, 0.3) is 0 Å². The summed E-state index contributed by atoms with van der Waals surface area (Å²) in [5.41, 5.74) is 0.752. The number of aromatic nitrogens is 2. The van der Waals surface area contributed by atoms with Crippen LogP contribution in [-0.4, -0.2) is 45.7 Å². The number of nitrogens with zero attached hydrogens (tertiary/aromatic N) is 2. The normalized spacial score (nSPS) is 10.9. The number of halogens is 1. The van der Waals surface area contributed by atoms with Crippen molar-refractivity contribution in [2.24, 2.45) is 0 Å². The first kappa shape index (κ1) is 30.0. The Morgan fingerprint density at radius 3 is 2.23 bits per heavy atom. The van der Waals surface area contributed by atoms with Crippen molar-refractivity contribution in [3.63, 3.8) is 0 Å². The van der Waals surface area contributed by atoms with Gasteiger partial charge in [0, 0.05) is 23.4 Å². The van der Waals surface area contributed by atoms with E-state index in [2.05, 4.69) is 10.2 Å². The van der Waals surface area contributed by atoms with Crippen LogP contribution in [0.25, 0.3) is 22.3 Å².